The van der Waals surface area contributed by atoms with Gasteiger partial charge >= 0.3 is 0 Å². The number of rotatable bonds is 4. The van der Waals surface area contributed by atoms with Crippen LogP contribution in [-0.4, -0.2) is 17.2 Å². The maximum Gasteiger partial charge on any atom is 0.157 e. The number of carbonyl (C=O) groups excluding carboxylic acids is 1. The quantitative estimate of drug-likeness (QED) is 0.571. The number of hydrogen-bond donors (Lipinski definition) is 1. The zero-order chi connectivity index (χ0) is 11.5. The van der Waals surface area contributed by atoms with E-state index in [1.807, 2.05) is 6.92 Å². The van der Waals surface area contributed by atoms with Crippen LogP contribution in [0.25, 0.3) is 0 Å². The molecule has 0 aromatic heterocycles. The summed E-state index contributed by atoms with van der Waals surface area (Å²) in [5.74, 6) is 1.28. The fraction of sp³-hybridized carbons (Fsp3) is 0.833. The highest BCUT2D eigenvalue weighted by Crippen LogP contribution is 2.33. The highest BCUT2D eigenvalue weighted by molar-refractivity contribution is 5.89. The molecule has 2 N–H and O–H groups in total. The molecule has 3 heteroatoms. The van der Waals surface area contributed by atoms with Gasteiger partial charge in [-0.1, -0.05) is 25.7 Å². The molecule has 1 fully saturated rings. The van der Waals surface area contributed by atoms with Crippen LogP contribution in [0.3, 0.4) is 0 Å². The lowest BCUT2D eigenvalue weighted by Crippen LogP contribution is -2.35. The summed E-state index contributed by atoms with van der Waals surface area (Å²) in [6, 6.07) is 0. The van der Waals surface area contributed by atoms with Gasteiger partial charge in [-0.3, -0.25) is 9.79 Å². The molecule has 1 aliphatic carbocycles. The Morgan fingerprint density at radius 3 is 2.33 bits per heavy atom. The smallest absolute Gasteiger partial charge is 0.157 e. The molecular weight excluding hydrogens is 188 g/mol. The van der Waals surface area contributed by atoms with Gasteiger partial charge in [0.05, 0.1) is 5.84 Å². The third-order valence-corrected chi connectivity index (χ3v) is 3.34. The summed E-state index contributed by atoms with van der Waals surface area (Å²) in [5, 5.41) is 0. The molecule has 1 atom stereocenters. The molecule has 0 amide bonds. The van der Waals surface area contributed by atoms with E-state index in [1.165, 1.54) is 25.7 Å². The number of amidine groups is 1. The number of ketones is 1. The Bertz CT molecular complexity index is 263. The molecule has 0 heterocycles. The number of aliphatic imine (C=N–C) groups is 1. The van der Waals surface area contributed by atoms with Crippen LogP contribution in [0.15, 0.2) is 4.99 Å². The van der Waals surface area contributed by atoms with E-state index in [0.717, 1.165) is 6.42 Å². The van der Waals surface area contributed by atoms with E-state index in [4.69, 9.17) is 5.73 Å². The first-order valence-electron chi connectivity index (χ1n) is 5.77. The molecule has 0 saturated heterocycles. The molecule has 1 rings (SSSR count). The van der Waals surface area contributed by atoms with Crippen molar-refractivity contribution in [1.82, 2.24) is 0 Å². The van der Waals surface area contributed by atoms with Crippen LogP contribution < -0.4 is 5.73 Å². The zero-order valence-electron chi connectivity index (χ0n) is 10.0. The summed E-state index contributed by atoms with van der Waals surface area (Å²) in [4.78, 5) is 15.9. The monoisotopic (exact) mass is 210 g/mol. The second kappa shape index (κ2) is 4.77. The normalized spacial score (nSPS) is 22.7. The predicted molar refractivity (Wildman–Crippen MR) is 63.0 cm³/mol. The maximum atomic E-state index is 11.6. The molecule has 0 bridgehead atoms. The van der Waals surface area contributed by atoms with Crippen LogP contribution in [0.4, 0.5) is 0 Å². The maximum absolute atomic E-state index is 11.6. The lowest BCUT2D eigenvalue weighted by atomic mass is 9.85. The number of nitrogens with two attached hydrogens (primary N) is 1. The van der Waals surface area contributed by atoms with E-state index in [1.54, 1.807) is 13.8 Å². The average Bonchev–Trinajstić information content (AvgIpc) is 2.54. The molecule has 0 aromatic carbocycles. The van der Waals surface area contributed by atoms with Crippen molar-refractivity contribution < 1.29 is 4.79 Å². The first-order valence-corrected chi connectivity index (χ1v) is 5.77. The SMILES string of the molecule is CC(=O)C(C)(CC1CCCC1)N=C(C)N. The second-order valence-corrected chi connectivity index (χ2v) is 4.94. The summed E-state index contributed by atoms with van der Waals surface area (Å²) >= 11 is 0. The van der Waals surface area contributed by atoms with Crippen molar-refractivity contribution in [2.45, 2.75) is 58.4 Å². The fourth-order valence-electron chi connectivity index (χ4n) is 2.43. The van der Waals surface area contributed by atoms with Crippen LogP contribution in [0, 0.1) is 5.92 Å². The van der Waals surface area contributed by atoms with Gasteiger partial charge in [0.15, 0.2) is 5.78 Å². The molecule has 0 aliphatic heterocycles. The summed E-state index contributed by atoms with van der Waals surface area (Å²) in [7, 11) is 0. The third-order valence-electron chi connectivity index (χ3n) is 3.34. The lowest BCUT2D eigenvalue weighted by Gasteiger charge is -2.25. The average molecular weight is 210 g/mol. The molecule has 0 radical (unpaired) electrons. The molecular formula is C12H22N2O. The van der Waals surface area contributed by atoms with Crippen LogP contribution in [0.2, 0.25) is 0 Å². The van der Waals surface area contributed by atoms with Crippen molar-refractivity contribution >= 4 is 11.6 Å². The molecule has 1 aliphatic rings. The summed E-state index contributed by atoms with van der Waals surface area (Å²) in [6.45, 7) is 5.27. The van der Waals surface area contributed by atoms with Crippen molar-refractivity contribution in [1.29, 1.82) is 0 Å². The van der Waals surface area contributed by atoms with E-state index >= 15 is 0 Å². The van der Waals surface area contributed by atoms with Gasteiger partial charge in [0.2, 0.25) is 0 Å². The first-order chi connectivity index (χ1) is 6.94. The van der Waals surface area contributed by atoms with Crippen molar-refractivity contribution in [3.63, 3.8) is 0 Å². The van der Waals surface area contributed by atoms with E-state index in [2.05, 4.69) is 4.99 Å². The Morgan fingerprint density at radius 1 is 1.40 bits per heavy atom. The number of Topliss-reactive ketones (excluding diaryl/α,β-unsaturated/α-hetero) is 1. The van der Waals surface area contributed by atoms with Gasteiger partial charge in [-0.15, -0.1) is 0 Å². The van der Waals surface area contributed by atoms with Crippen molar-refractivity contribution in [3.05, 3.63) is 0 Å². The number of hydrogen-bond acceptors (Lipinski definition) is 2. The van der Waals surface area contributed by atoms with Crippen molar-refractivity contribution in [2.24, 2.45) is 16.6 Å². The summed E-state index contributed by atoms with van der Waals surface area (Å²) < 4.78 is 0. The van der Waals surface area contributed by atoms with E-state index < -0.39 is 5.54 Å². The molecule has 15 heavy (non-hydrogen) atoms. The van der Waals surface area contributed by atoms with Gasteiger partial charge in [0.25, 0.3) is 0 Å². The lowest BCUT2D eigenvalue weighted by molar-refractivity contribution is -0.121. The van der Waals surface area contributed by atoms with Crippen LogP contribution in [0.1, 0.15) is 52.9 Å². The van der Waals surface area contributed by atoms with E-state index in [-0.39, 0.29) is 5.78 Å². The number of nitrogens with zero attached hydrogens (tertiary/aromatic N) is 1. The highest BCUT2D eigenvalue weighted by atomic mass is 16.1. The van der Waals surface area contributed by atoms with Gasteiger partial charge in [-0.25, -0.2) is 0 Å². The predicted octanol–water partition coefficient (Wildman–Crippen LogP) is 2.29. The largest absolute Gasteiger partial charge is 0.388 e. The van der Waals surface area contributed by atoms with Gasteiger partial charge < -0.3 is 5.73 Å². The van der Waals surface area contributed by atoms with Gasteiger partial charge in [0.1, 0.15) is 5.54 Å². The Hall–Kier alpha value is -0.860. The van der Waals surface area contributed by atoms with E-state index in [9.17, 15) is 4.79 Å². The fourth-order valence-corrected chi connectivity index (χ4v) is 2.43. The minimum atomic E-state index is -0.589. The molecule has 1 unspecified atom stereocenters. The Balaban J connectivity index is 2.72. The molecule has 3 nitrogen and oxygen atoms in total. The van der Waals surface area contributed by atoms with Crippen molar-refractivity contribution in [2.75, 3.05) is 0 Å². The Labute approximate surface area is 92.1 Å². The first kappa shape index (κ1) is 12.2. The summed E-state index contributed by atoms with van der Waals surface area (Å²) in [6.07, 6.45) is 5.93. The minimum Gasteiger partial charge on any atom is -0.388 e. The van der Waals surface area contributed by atoms with Gasteiger partial charge in [-0.05, 0) is 33.1 Å². The van der Waals surface area contributed by atoms with Crippen molar-refractivity contribution in [3.8, 4) is 0 Å². The summed E-state index contributed by atoms with van der Waals surface area (Å²) in [5.41, 5.74) is 5.00. The standard InChI is InChI=1S/C12H22N2O/c1-9(15)12(3,14-10(2)13)8-11-6-4-5-7-11/h11H,4-8H2,1-3H3,(H2,13,14). The Kier molecular flexibility index (Phi) is 3.89. The highest BCUT2D eigenvalue weighted by Gasteiger charge is 2.33. The van der Waals surface area contributed by atoms with Crippen LogP contribution >= 0.6 is 0 Å². The van der Waals surface area contributed by atoms with Gasteiger partial charge in [-0.2, -0.15) is 0 Å². The van der Waals surface area contributed by atoms with E-state index in [0.29, 0.717) is 11.8 Å². The molecule has 0 spiro atoms. The number of carbonyl (C=O) groups is 1. The van der Waals surface area contributed by atoms with Gasteiger partial charge in [0, 0.05) is 0 Å². The second-order valence-electron chi connectivity index (χ2n) is 4.94. The topological polar surface area (TPSA) is 55.5 Å². The minimum absolute atomic E-state index is 0.124. The molecule has 86 valence electrons. The van der Waals surface area contributed by atoms with Crippen LogP contribution in [-0.2, 0) is 4.79 Å². The third kappa shape index (κ3) is 3.33. The Morgan fingerprint density at radius 2 is 1.93 bits per heavy atom. The molecule has 0 aromatic rings. The zero-order valence-corrected chi connectivity index (χ0v) is 10.0. The van der Waals surface area contributed by atoms with Crippen LogP contribution in [0.5, 0.6) is 0 Å². The molecule has 1 saturated carbocycles.